The molecule has 0 spiro atoms. The minimum absolute atomic E-state index is 0.349. The van der Waals surface area contributed by atoms with Crippen LogP contribution >= 0.6 is 0 Å². The summed E-state index contributed by atoms with van der Waals surface area (Å²) in [6, 6.07) is 8.43. The maximum absolute atomic E-state index is 5.46. The number of methoxy groups -OCH3 is 1. The number of aromatic nitrogens is 1. The molecule has 2 aromatic rings. The third-order valence-corrected chi connectivity index (χ3v) is 4.01. The molecule has 106 valence electrons. The molecular weight excluding hydrogens is 252 g/mol. The van der Waals surface area contributed by atoms with Gasteiger partial charge in [0, 0.05) is 30.1 Å². The summed E-state index contributed by atoms with van der Waals surface area (Å²) in [5.41, 5.74) is 0. The van der Waals surface area contributed by atoms with Crippen molar-refractivity contribution in [2.45, 2.75) is 19.4 Å². The Kier molecular flexibility index (Phi) is 3.74. The second-order valence-electron chi connectivity index (χ2n) is 5.30. The van der Waals surface area contributed by atoms with E-state index >= 15 is 0 Å². The van der Waals surface area contributed by atoms with Crippen LogP contribution in [0.4, 0.5) is 5.82 Å². The van der Waals surface area contributed by atoms with Crippen LogP contribution in [-0.4, -0.2) is 31.3 Å². The van der Waals surface area contributed by atoms with E-state index in [0.29, 0.717) is 12.0 Å². The maximum Gasteiger partial charge on any atom is 0.134 e. The van der Waals surface area contributed by atoms with E-state index in [1.165, 1.54) is 0 Å². The van der Waals surface area contributed by atoms with Gasteiger partial charge < -0.3 is 14.8 Å². The van der Waals surface area contributed by atoms with Crippen LogP contribution in [0.15, 0.2) is 30.5 Å². The van der Waals surface area contributed by atoms with Gasteiger partial charge in [-0.3, -0.25) is 0 Å². The number of nitrogens with one attached hydrogen (secondary N) is 1. The number of pyridine rings is 1. The second kappa shape index (κ2) is 5.67. The molecule has 2 atom stereocenters. The quantitative estimate of drug-likeness (QED) is 0.929. The van der Waals surface area contributed by atoms with Gasteiger partial charge in [0.1, 0.15) is 11.6 Å². The van der Waals surface area contributed by atoms with Gasteiger partial charge in [-0.05, 0) is 36.9 Å². The molecule has 20 heavy (non-hydrogen) atoms. The minimum Gasteiger partial charge on any atom is -0.497 e. The molecule has 4 heteroatoms. The molecule has 0 aliphatic carbocycles. The minimum atomic E-state index is 0.349. The molecular formula is C16H20N2O2. The molecule has 2 heterocycles. The summed E-state index contributed by atoms with van der Waals surface area (Å²) in [4.78, 5) is 4.49. The Morgan fingerprint density at radius 3 is 3.05 bits per heavy atom. The fourth-order valence-electron chi connectivity index (χ4n) is 2.67. The molecule has 1 aromatic carbocycles. The van der Waals surface area contributed by atoms with Crippen molar-refractivity contribution >= 4 is 16.6 Å². The SMILES string of the molecule is COc1ccc2ccnc(NC(C)C3CCOC3)c2c1. The number of benzene rings is 1. The topological polar surface area (TPSA) is 43.4 Å². The molecule has 1 aromatic heterocycles. The van der Waals surface area contributed by atoms with Crippen molar-refractivity contribution in [1.29, 1.82) is 0 Å². The lowest BCUT2D eigenvalue weighted by Gasteiger charge is -2.20. The third-order valence-electron chi connectivity index (χ3n) is 4.01. The Morgan fingerprint density at radius 1 is 1.40 bits per heavy atom. The van der Waals surface area contributed by atoms with Crippen LogP contribution in [0.1, 0.15) is 13.3 Å². The first kappa shape index (κ1) is 13.2. The van der Waals surface area contributed by atoms with E-state index in [0.717, 1.165) is 42.0 Å². The van der Waals surface area contributed by atoms with Crippen LogP contribution in [0.5, 0.6) is 5.75 Å². The second-order valence-corrected chi connectivity index (χ2v) is 5.30. The van der Waals surface area contributed by atoms with Gasteiger partial charge in [-0.2, -0.15) is 0 Å². The first-order valence-corrected chi connectivity index (χ1v) is 7.05. The Balaban J connectivity index is 1.89. The van der Waals surface area contributed by atoms with Gasteiger partial charge in [0.15, 0.2) is 0 Å². The zero-order valence-corrected chi connectivity index (χ0v) is 11.9. The number of rotatable bonds is 4. The highest BCUT2D eigenvalue weighted by atomic mass is 16.5. The van der Waals surface area contributed by atoms with Crippen LogP contribution in [-0.2, 0) is 4.74 Å². The maximum atomic E-state index is 5.46. The van der Waals surface area contributed by atoms with Crippen LogP contribution in [0.25, 0.3) is 10.8 Å². The van der Waals surface area contributed by atoms with Gasteiger partial charge in [0.25, 0.3) is 0 Å². The zero-order valence-electron chi connectivity index (χ0n) is 11.9. The molecule has 1 saturated heterocycles. The number of nitrogens with zero attached hydrogens (tertiary/aromatic N) is 1. The number of hydrogen-bond donors (Lipinski definition) is 1. The highest BCUT2D eigenvalue weighted by molar-refractivity contribution is 5.92. The first-order chi connectivity index (χ1) is 9.78. The fraction of sp³-hybridized carbons (Fsp3) is 0.438. The molecule has 1 aliphatic heterocycles. The van der Waals surface area contributed by atoms with Gasteiger partial charge in [-0.25, -0.2) is 4.98 Å². The predicted octanol–water partition coefficient (Wildman–Crippen LogP) is 3.08. The molecule has 1 N–H and O–H groups in total. The van der Waals surface area contributed by atoms with Gasteiger partial charge in [0.05, 0.1) is 13.7 Å². The summed E-state index contributed by atoms with van der Waals surface area (Å²) in [7, 11) is 1.68. The van der Waals surface area contributed by atoms with Gasteiger partial charge in [0.2, 0.25) is 0 Å². The van der Waals surface area contributed by atoms with E-state index in [1.807, 2.05) is 24.4 Å². The fourth-order valence-corrected chi connectivity index (χ4v) is 2.67. The number of ether oxygens (including phenoxy) is 2. The standard InChI is InChI=1S/C16H20N2O2/c1-11(13-6-8-20-10-13)18-16-15-9-14(19-2)4-3-12(15)5-7-17-16/h3-5,7,9,11,13H,6,8,10H2,1-2H3,(H,17,18). The Morgan fingerprint density at radius 2 is 2.30 bits per heavy atom. The summed E-state index contributed by atoms with van der Waals surface area (Å²) in [6.07, 6.45) is 2.96. The summed E-state index contributed by atoms with van der Waals surface area (Å²) >= 11 is 0. The lowest BCUT2D eigenvalue weighted by molar-refractivity contribution is 0.183. The molecule has 4 nitrogen and oxygen atoms in total. The highest BCUT2D eigenvalue weighted by Gasteiger charge is 2.22. The van der Waals surface area contributed by atoms with Crippen molar-refractivity contribution < 1.29 is 9.47 Å². The third kappa shape index (κ3) is 2.56. The van der Waals surface area contributed by atoms with Crippen LogP contribution in [0.3, 0.4) is 0 Å². The molecule has 3 rings (SSSR count). The van der Waals surface area contributed by atoms with Crippen molar-refractivity contribution in [2.24, 2.45) is 5.92 Å². The van der Waals surface area contributed by atoms with E-state index in [-0.39, 0.29) is 0 Å². The van der Waals surface area contributed by atoms with E-state index in [1.54, 1.807) is 7.11 Å². The van der Waals surface area contributed by atoms with Crippen molar-refractivity contribution in [3.63, 3.8) is 0 Å². The van der Waals surface area contributed by atoms with Gasteiger partial charge in [-0.15, -0.1) is 0 Å². The lowest BCUT2D eigenvalue weighted by atomic mass is 10.0. The summed E-state index contributed by atoms with van der Waals surface area (Å²) in [6.45, 7) is 3.90. The van der Waals surface area contributed by atoms with E-state index in [2.05, 4.69) is 23.3 Å². The van der Waals surface area contributed by atoms with Crippen LogP contribution < -0.4 is 10.1 Å². The number of fused-ring (bicyclic) bond motifs is 1. The number of hydrogen-bond acceptors (Lipinski definition) is 4. The van der Waals surface area contributed by atoms with Gasteiger partial charge in [-0.1, -0.05) is 6.07 Å². The van der Waals surface area contributed by atoms with E-state index < -0.39 is 0 Å². The largest absolute Gasteiger partial charge is 0.497 e. The lowest BCUT2D eigenvalue weighted by Crippen LogP contribution is -2.26. The van der Waals surface area contributed by atoms with E-state index in [9.17, 15) is 0 Å². The van der Waals surface area contributed by atoms with Crippen molar-refractivity contribution in [3.8, 4) is 5.75 Å². The monoisotopic (exact) mass is 272 g/mol. The molecule has 0 saturated carbocycles. The molecule has 0 amide bonds. The molecule has 1 fully saturated rings. The average Bonchev–Trinajstić information content (AvgIpc) is 3.01. The van der Waals surface area contributed by atoms with Crippen molar-refractivity contribution in [3.05, 3.63) is 30.5 Å². The predicted molar refractivity (Wildman–Crippen MR) is 80.3 cm³/mol. The van der Waals surface area contributed by atoms with Crippen molar-refractivity contribution in [2.75, 3.05) is 25.6 Å². The summed E-state index contributed by atoms with van der Waals surface area (Å²) in [5, 5.41) is 5.79. The van der Waals surface area contributed by atoms with Crippen molar-refractivity contribution in [1.82, 2.24) is 4.98 Å². The van der Waals surface area contributed by atoms with Gasteiger partial charge >= 0.3 is 0 Å². The Labute approximate surface area is 119 Å². The molecule has 0 radical (unpaired) electrons. The molecule has 2 unspecified atom stereocenters. The zero-order chi connectivity index (χ0) is 13.9. The highest BCUT2D eigenvalue weighted by Crippen LogP contribution is 2.27. The normalized spacial score (nSPS) is 20.0. The first-order valence-electron chi connectivity index (χ1n) is 7.05. The van der Waals surface area contributed by atoms with Crippen LogP contribution in [0.2, 0.25) is 0 Å². The molecule has 1 aliphatic rings. The molecule has 0 bridgehead atoms. The Bertz CT molecular complexity index is 594. The Hall–Kier alpha value is -1.81. The summed E-state index contributed by atoms with van der Waals surface area (Å²) < 4.78 is 10.8. The summed E-state index contributed by atoms with van der Waals surface area (Å²) in [5.74, 6) is 2.32. The smallest absolute Gasteiger partial charge is 0.134 e. The average molecular weight is 272 g/mol. The number of anilines is 1. The van der Waals surface area contributed by atoms with E-state index in [4.69, 9.17) is 9.47 Å². The van der Waals surface area contributed by atoms with Crippen LogP contribution in [0, 0.1) is 5.92 Å².